The maximum Gasteiger partial charge on any atom is 0.264 e. The summed E-state index contributed by atoms with van der Waals surface area (Å²) < 4.78 is 5.32. The van der Waals surface area contributed by atoms with Gasteiger partial charge in [0.25, 0.3) is 11.8 Å². The first kappa shape index (κ1) is 24.4. The lowest BCUT2D eigenvalue weighted by Crippen LogP contribution is -2.44. The molecule has 3 atom stereocenters. The van der Waals surface area contributed by atoms with E-state index in [9.17, 15) is 19.8 Å². The number of benzene rings is 2. The summed E-state index contributed by atoms with van der Waals surface area (Å²) in [7, 11) is 1.52. The van der Waals surface area contributed by atoms with Crippen LogP contribution in [0, 0.1) is 5.92 Å². The van der Waals surface area contributed by atoms with Gasteiger partial charge in [-0.25, -0.2) is 0 Å². The highest BCUT2D eigenvalue weighted by Crippen LogP contribution is 2.47. The number of carbonyl (C=O) groups is 2. The predicted octanol–water partition coefficient (Wildman–Crippen LogP) is 2.32. The van der Waals surface area contributed by atoms with Crippen LogP contribution in [0.15, 0.2) is 54.6 Å². The lowest BCUT2D eigenvalue weighted by molar-refractivity contribution is -0.139. The van der Waals surface area contributed by atoms with Gasteiger partial charge in [-0.3, -0.25) is 9.59 Å². The Morgan fingerprint density at radius 1 is 1.24 bits per heavy atom. The molecule has 0 bridgehead atoms. The van der Waals surface area contributed by atoms with E-state index in [4.69, 9.17) is 9.84 Å². The number of nitrogens with zero attached hydrogens (tertiary/aromatic N) is 1. The molecule has 1 heterocycles. The Kier molecular flexibility index (Phi) is 7.53. The molecule has 0 aliphatic carbocycles. The quantitative estimate of drug-likeness (QED) is 0.432. The van der Waals surface area contributed by atoms with Crippen molar-refractivity contribution in [3.05, 3.63) is 65.7 Å². The summed E-state index contributed by atoms with van der Waals surface area (Å²) >= 11 is 0. The smallest absolute Gasteiger partial charge is 0.264 e. The van der Waals surface area contributed by atoms with Gasteiger partial charge in [0.15, 0.2) is 5.60 Å². The van der Waals surface area contributed by atoms with Crippen LogP contribution in [0.25, 0.3) is 0 Å². The van der Waals surface area contributed by atoms with E-state index in [-0.39, 0.29) is 13.2 Å². The highest BCUT2D eigenvalue weighted by Gasteiger charge is 2.52. The standard InChI is InChI=1S/C25H30N2O6/c1-16(7-4-5-12-28)25(32)21-14-20(33-3)10-11-22(21)27(24(25)31)15-18-8-6-9-19(13-18)26-23(30)17(2)29/h4,6-11,13-14,16-17,28-29,32H,5,12,15H2,1-3H3,(H,26,30)/b7-4+/t16-,17-,25+/m0/s1. The van der Waals surface area contributed by atoms with Crippen LogP contribution in [0.4, 0.5) is 11.4 Å². The summed E-state index contributed by atoms with van der Waals surface area (Å²) in [5.74, 6) is -1.02. The molecule has 1 aliphatic rings. The molecule has 8 heteroatoms. The first-order valence-electron chi connectivity index (χ1n) is 10.8. The van der Waals surface area contributed by atoms with Crippen LogP contribution >= 0.6 is 0 Å². The van der Waals surface area contributed by atoms with Gasteiger partial charge in [-0.1, -0.05) is 31.2 Å². The zero-order valence-corrected chi connectivity index (χ0v) is 19.0. The maximum absolute atomic E-state index is 13.6. The Hall–Kier alpha value is -3.20. The number of fused-ring (bicyclic) bond motifs is 1. The minimum atomic E-state index is -1.80. The van der Waals surface area contributed by atoms with E-state index in [1.54, 1.807) is 55.5 Å². The summed E-state index contributed by atoms with van der Waals surface area (Å²) in [6.07, 6.45) is 2.75. The summed E-state index contributed by atoms with van der Waals surface area (Å²) in [5.41, 5.74) is 0.459. The van der Waals surface area contributed by atoms with Crippen molar-refractivity contribution in [2.45, 2.75) is 38.5 Å². The molecule has 2 amide bonds. The molecule has 8 nitrogen and oxygen atoms in total. The van der Waals surface area contributed by atoms with E-state index in [0.29, 0.717) is 29.1 Å². The largest absolute Gasteiger partial charge is 0.497 e. The molecule has 176 valence electrons. The normalized spacial score (nSPS) is 19.5. The third-order valence-corrected chi connectivity index (χ3v) is 5.77. The van der Waals surface area contributed by atoms with Crippen molar-refractivity contribution >= 4 is 23.2 Å². The Morgan fingerprint density at radius 2 is 2.00 bits per heavy atom. The van der Waals surface area contributed by atoms with Gasteiger partial charge in [-0.05, 0) is 49.2 Å². The molecular formula is C25H30N2O6. The SMILES string of the molecule is COc1ccc2c(c1)[C@](O)([C@@H](C)/C=C/CCO)C(=O)N2Cc1cccc(NC(=O)[C@H](C)O)c1. The van der Waals surface area contributed by atoms with E-state index >= 15 is 0 Å². The monoisotopic (exact) mass is 454 g/mol. The van der Waals surface area contributed by atoms with E-state index in [1.165, 1.54) is 18.9 Å². The fraction of sp³-hybridized carbons (Fsp3) is 0.360. The molecule has 0 radical (unpaired) electrons. The summed E-state index contributed by atoms with van der Waals surface area (Å²) in [6, 6.07) is 12.1. The highest BCUT2D eigenvalue weighted by molar-refractivity contribution is 6.07. The average Bonchev–Trinajstić information content (AvgIpc) is 3.01. The van der Waals surface area contributed by atoms with E-state index in [2.05, 4.69) is 5.32 Å². The van der Waals surface area contributed by atoms with Gasteiger partial charge in [0, 0.05) is 23.8 Å². The van der Waals surface area contributed by atoms with Crippen LogP contribution in [0.1, 0.15) is 31.4 Å². The zero-order chi connectivity index (χ0) is 24.2. The third-order valence-electron chi connectivity index (χ3n) is 5.77. The van der Waals surface area contributed by atoms with Crippen LogP contribution in [0.5, 0.6) is 5.75 Å². The molecule has 0 saturated carbocycles. The Labute approximate surface area is 193 Å². The number of aliphatic hydroxyl groups is 3. The Bertz CT molecular complexity index is 1050. The number of anilines is 2. The highest BCUT2D eigenvalue weighted by atomic mass is 16.5. The number of nitrogens with one attached hydrogen (secondary N) is 1. The molecular weight excluding hydrogens is 424 g/mol. The number of hydrogen-bond acceptors (Lipinski definition) is 6. The lowest BCUT2D eigenvalue weighted by atomic mass is 9.83. The number of aliphatic hydroxyl groups excluding tert-OH is 2. The van der Waals surface area contributed by atoms with Crippen LogP contribution in [0.3, 0.4) is 0 Å². The van der Waals surface area contributed by atoms with Crippen molar-refractivity contribution in [3.8, 4) is 5.75 Å². The molecule has 2 aromatic carbocycles. The van der Waals surface area contributed by atoms with Gasteiger partial charge in [0.05, 0.1) is 19.3 Å². The van der Waals surface area contributed by atoms with Gasteiger partial charge in [0.2, 0.25) is 0 Å². The first-order valence-corrected chi connectivity index (χ1v) is 10.8. The van der Waals surface area contributed by atoms with Gasteiger partial charge in [0.1, 0.15) is 11.9 Å². The Balaban J connectivity index is 1.96. The molecule has 33 heavy (non-hydrogen) atoms. The first-order chi connectivity index (χ1) is 15.7. The third kappa shape index (κ3) is 4.93. The van der Waals surface area contributed by atoms with Crippen molar-refractivity contribution < 1.29 is 29.6 Å². The van der Waals surface area contributed by atoms with E-state index in [1.807, 2.05) is 6.07 Å². The molecule has 0 aromatic heterocycles. The molecule has 0 unspecified atom stereocenters. The van der Waals surface area contributed by atoms with Gasteiger partial charge < -0.3 is 30.3 Å². The van der Waals surface area contributed by atoms with Crippen molar-refractivity contribution in [2.75, 3.05) is 23.9 Å². The second-order valence-electron chi connectivity index (χ2n) is 8.14. The molecule has 0 spiro atoms. The number of ether oxygens (including phenoxy) is 1. The summed E-state index contributed by atoms with van der Waals surface area (Å²) in [5, 5.41) is 32.8. The van der Waals surface area contributed by atoms with Gasteiger partial charge in [-0.2, -0.15) is 0 Å². The zero-order valence-electron chi connectivity index (χ0n) is 19.0. The lowest BCUT2D eigenvalue weighted by Gasteiger charge is -2.28. The number of rotatable bonds is 9. The van der Waals surface area contributed by atoms with Crippen molar-refractivity contribution in [3.63, 3.8) is 0 Å². The summed E-state index contributed by atoms with van der Waals surface area (Å²) in [6.45, 7) is 3.29. The Morgan fingerprint density at radius 3 is 2.67 bits per heavy atom. The fourth-order valence-electron chi connectivity index (χ4n) is 3.90. The number of methoxy groups -OCH3 is 1. The van der Waals surface area contributed by atoms with E-state index < -0.39 is 29.4 Å². The predicted molar refractivity (Wildman–Crippen MR) is 125 cm³/mol. The van der Waals surface area contributed by atoms with Gasteiger partial charge >= 0.3 is 0 Å². The number of hydrogen-bond donors (Lipinski definition) is 4. The van der Waals surface area contributed by atoms with Crippen LogP contribution in [-0.4, -0.2) is 47.0 Å². The average molecular weight is 455 g/mol. The second kappa shape index (κ2) is 10.2. The molecule has 4 N–H and O–H groups in total. The van der Waals surface area contributed by atoms with Crippen LogP contribution in [0.2, 0.25) is 0 Å². The van der Waals surface area contributed by atoms with E-state index in [0.717, 1.165) is 5.56 Å². The molecule has 0 saturated heterocycles. The van der Waals surface area contributed by atoms with Crippen LogP contribution in [-0.2, 0) is 21.7 Å². The minimum Gasteiger partial charge on any atom is -0.497 e. The second-order valence-corrected chi connectivity index (χ2v) is 8.14. The maximum atomic E-state index is 13.6. The molecule has 3 rings (SSSR count). The van der Waals surface area contributed by atoms with Crippen molar-refractivity contribution in [2.24, 2.45) is 5.92 Å². The molecule has 1 aliphatic heterocycles. The summed E-state index contributed by atoms with van der Waals surface area (Å²) in [4.78, 5) is 26.9. The fourth-order valence-corrected chi connectivity index (χ4v) is 3.90. The number of amides is 2. The van der Waals surface area contributed by atoms with Crippen LogP contribution < -0.4 is 15.0 Å². The van der Waals surface area contributed by atoms with Gasteiger partial charge in [-0.15, -0.1) is 0 Å². The topological polar surface area (TPSA) is 119 Å². The van der Waals surface area contributed by atoms with Crippen molar-refractivity contribution in [1.29, 1.82) is 0 Å². The number of carbonyl (C=O) groups excluding carboxylic acids is 2. The minimum absolute atomic E-state index is 0.0198. The molecule has 2 aromatic rings. The molecule has 0 fully saturated rings. The van der Waals surface area contributed by atoms with Crippen molar-refractivity contribution in [1.82, 2.24) is 0 Å².